The number of aromatic nitrogens is 2. The first kappa shape index (κ1) is 10.0. The predicted molar refractivity (Wildman–Crippen MR) is 59.0 cm³/mol. The zero-order valence-electron chi connectivity index (χ0n) is 8.53. The van der Waals surface area contributed by atoms with Gasteiger partial charge >= 0.3 is 0 Å². The minimum Gasteiger partial charge on any atom is -0.304 e. The zero-order chi connectivity index (χ0) is 11.0. The molecule has 4 heteroatoms. The molecular formula is C11H10ClN3. The summed E-state index contributed by atoms with van der Waals surface area (Å²) in [6, 6.07) is 3.70. The number of rotatable bonds is 1. The second-order valence-corrected chi connectivity index (χ2v) is 4.15. The molecule has 0 bridgehead atoms. The van der Waals surface area contributed by atoms with Gasteiger partial charge in [-0.25, -0.2) is 4.98 Å². The minimum absolute atomic E-state index is 0.353. The number of nitriles is 1. The maximum absolute atomic E-state index is 8.80. The lowest BCUT2D eigenvalue weighted by molar-refractivity contribution is 0.834. The van der Waals surface area contributed by atoms with Gasteiger partial charge in [0.1, 0.15) is 6.07 Å². The fourth-order valence-electron chi connectivity index (χ4n) is 1.42. The van der Waals surface area contributed by atoms with Crippen molar-refractivity contribution < 1.29 is 0 Å². The molecule has 0 unspecified atom stereocenters. The summed E-state index contributed by atoms with van der Waals surface area (Å²) in [6.45, 7) is 4.14. The number of fused-ring (bicyclic) bond motifs is 1. The van der Waals surface area contributed by atoms with Crippen molar-refractivity contribution in [3.63, 3.8) is 0 Å². The molecule has 0 atom stereocenters. The highest BCUT2D eigenvalue weighted by Crippen LogP contribution is 2.21. The van der Waals surface area contributed by atoms with E-state index in [1.54, 1.807) is 16.7 Å². The van der Waals surface area contributed by atoms with Crippen LogP contribution in [-0.2, 0) is 0 Å². The Balaban J connectivity index is 2.71. The van der Waals surface area contributed by atoms with E-state index in [0.29, 0.717) is 22.2 Å². The predicted octanol–water partition coefficient (Wildman–Crippen LogP) is 2.98. The maximum Gasteiger partial charge on any atom is 0.155 e. The molecule has 3 nitrogen and oxygen atoms in total. The zero-order valence-corrected chi connectivity index (χ0v) is 9.28. The average Bonchev–Trinajstić information content (AvgIpc) is 2.61. The van der Waals surface area contributed by atoms with Crippen molar-refractivity contribution in [2.24, 2.45) is 0 Å². The second kappa shape index (κ2) is 3.56. The molecule has 0 N–H and O–H groups in total. The van der Waals surface area contributed by atoms with Gasteiger partial charge in [-0.3, -0.25) is 0 Å². The van der Waals surface area contributed by atoms with E-state index >= 15 is 0 Å². The normalized spacial score (nSPS) is 10.9. The molecule has 0 fully saturated rings. The molecule has 76 valence electrons. The van der Waals surface area contributed by atoms with Gasteiger partial charge in [-0.05, 0) is 12.0 Å². The standard InChI is InChI=1S/C11H10ClN3/c1-7(2)10-6-15-5-8(4-13)3-9(12)11(15)14-10/h3,5-7H,1-2H3. The Morgan fingerprint density at radius 1 is 1.47 bits per heavy atom. The van der Waals surface area contributed by atoms with Gasteiger partial charge in [0.2, 0.25) is 0 Å². The quantitative estimate of drug-likeness (QED) is 0.740. The van der Waals surface area contributed by atoms with E-state index in [0.717, 1.165) is 5.69 Å². The lowest BCUT2D eigenvalue weighted by Crippen LogP contribution is -1.86. The van der Waals surface area contributed by atoms with Gasteiger partial charge < -0.3 is 4.40 Å². The van der Waals surface area contributed by atoms with Crippen molar-refractivity contribution in [1.82, 2.24) is 9.38 Å². The van der Waals surface area contributed by atoms with E-state index in [-0.39, 0.29) is 0 Å². The third kappa shape index (κ3) is 1.69. The second-order valence-electron chi connectivity index (χ2n) is 3.74. The first-order valence-electron chi connectivity index (χ1n) is 4.70. The Bertz CT molecular complexity index is 549. The number of pyridine rings is 1. The van der Waals surface area contributed by atoms with E-state index < -0.39 is 0 Å². The van der Waals surface area contributed by atoms with Crippen LogP contribution in [0.2, 0.25) is 5.02 Å². The van der Waals surface area contributed by atoms with E-state index in [1.807, 2.05) is 6.20 Å². The van der Waals surface area contributed by atoms with Crippen molar-refractivity contribution in [2.45, 2.75) is 19.8 Å². The largest absolute Gasteiger partial charge is 0.304 e. The third-order valence-corrected chi connectivity index (χ3v) is 2.52. The minimum atomic E-state index is 0.353. The van der Waals surface area contributed by atoms with Crippen molar-refractivity contribution >= 4 is 17.2 Å². The SMILES string of the molecule is CC(C)c1cn2cc(C#N)cc(Cl)c2n1. The van der Waals surface area contributed by atoms with E-state index in [2.05, 4.69) is 24.9 Å². The van der Waals surface area contributed by atoms with Gasteiger partial charge in [0.25, 0.3) is 0 Å². The Morgan fingerprint density at radius 3 is 2.80 bits per heavy atom. The van der Waals surface area contributed by atoms with Gasteiger partial charge in [0.15, 0.2) is 5.65 Å². The number of hydrogen-bond acceptors (Lipinski definition) is 2. The fraction of sp³-hybridized carbons (Fsp3) is 0.273. The Kier molecular flexibility index (Phi) is 2.37. The van der Waals surface area contributed by atoms with Crippen LogP contribution in [0.3, 0.4) is 0 Å². The number of hydrogen-bond donors (Lipinski definition) is 0. The van der Waals surface area contributed by atoms with Gasteiger partial charge in [-0.1, -0.05) is 25.4 Å². The summed E-state index contributed by atoms with van der Waals surface area (Å²) in [5.41, 5.74) is 2.23. The molecule has 0 aromatic carbocycles. The fourth-order valence-corrected chi connectivity index (χ4v) is 1.67. The maximum atomic E-state index is 8.80. The molecule has 0 radical (unpaired) electrons. The summed E-state index contributed by atoms with van der Waals surface area (Å²) >= 11 is 6.02. The summed E-state index contributed by atoms with van der Waals surface area (Å²) in [4.78, 5) is 4.41. The van der Waals surface area contributed by atoms with Crippen LogP contribution < -0.4 is 0 Å². The monoisotopic (exact) mass is 219 g/mol. The van der Waals surface area contributed by atoms with E-state index in [9.17, 15) is 0 Å². The van der Waals surface area contributed by atoms with Crippen LogP contribution in [0.25, 0.3) is 5.65 Å². The summed E-state index contributed by atoms with van der Waals surface area (Å²) in [6.07, 6.45) is 3.65. The highest BCUT2D eigenvalue weighted by atomic mass is 35.5. The molecule has 15 heavy (non-hydrogen) atoms. The lowest BCUT2D eigenvalue weighted by atomic mass is 10.2. The molecule has 0 spiro atoms. The summed E-state index contributed by atoms with van der Waals surface area (Å²) < 4.78 is 1.80. The Labute approximate surface area is 92.9 Å². The molecular weight excluding hydrogens is 210 g/mol. The van der Waals surface area contributed by atoms with Crippen LogP contribution >= 0.6 is 11.6 Å². The molecule has 0 saturated heterocycles. The third-order valence-electron chi connectivity index (χ3n) is 2.25. The smallest absolute Gasteiger partial charge is 0.155 e. The van der Waals surface area contributed by atoms with Crippen molar-refractivity contribution in [3.05, 3.63) is 34.7 Å². The van der Waals surface area contributed by atoms with Gasteiger partial charge in [0, 0.05) is 12.4 Å². The van der Waals surface area contributed by atoms with E-state index in [1.165, 1.54) is 0 Å². The summed E-state index contributed by atoms with van der Waals surface area (Å²) in [5.74, 6) is 0.353. The highest BCUT2D eigenvalue weighted by Gasteiger charge is 2.09. The van der Waals surface area contributed by atoms with Crippen LogP contribution in [-0.4, -0.2) is 9.38 Å². The van der Waals surface area contributed by atoms with E-state index in [4.69, 9.17) is 16.9 Å². The number of nitrogens with zero attached hydrogens (tertiary/aromatic N) is 3. The molecule has 0 aliphatic heterocycles. The Morgan fingerprint density at radius 2 is 2.20 bits per heavy atom. The lowest BCUT2D eigenvalue weighted by Gasteiger charge is -1.95. The number of halogens is 1. The summed E-state index contributed by atoms with van der Waals surface area (Å²) in [7, 11) is 0. The van der Waals surface area contributed by atoms with Crippen LogP contribution in [0.5, 0.6) is 0 Å². The molecule has 0 aliphatic carbocycles. The van der Waals surface area contributed by atoms with Crippen molar-refractivity contribution in [3.8, 4) is 6.07 Å². The number of imidazole rings is 1. The first-order chi connectivity index (χ1) is 7.11. The molecule has 2 aromatic heterocycles. The summed E-state index contributed by atoms with van der Waals surface area (Å²) in [5, 5.41) is 9.31. The molecule has 2 rings (SSSR count). The van der Waals surface area contributed by atoms with Crippen molar-refractivity contribution in [1.29, 1.82) is 5.26 Å². The molecule has 0 amide bonds. The van der Waals surface area contributed by atoms with Gasteiger partial charge in [0.05, 0.1) is 16.3 Å². The topological polar surface area (TPSA) is 41.1 Å². The van der Waals surface area contributed by atoms with Gasteiger partial charge in [-0.15, -0.1) is 0 Å². The average molecular weight is 220 g/mol. The van der Waals surface area contributed by atoms with Crippen molar-refractivity contribution in [2.75, 3.05) is 0 Å². The van der Waals surface area contributed by atoms with Crippen LogP contribution in [0.15, 0.2) is 18.5 Å². The highest BCUT2D eigenvalue weighted by molar-refractivity contribution is 6.33. The molecule has 2 heterocycles. The Hall–Kier alpha value is -1.53. The molecule has 0 aliphatic rings. The molecule has 2 aromatic rings. The van der Waals surface area contributed by atoms with Crippen LogP contribution in [0.4, 0.5) is 0 Å². The molecule has 0 saturated carbocycles. The van der Waals surface area contributed by atoms with Gasteiger partial charge in [-0.2, -0.15) is 5.26 Å². The van der Waals surface area contributed by atoms with Crippen LogP contribution in [0.1, 0.15) is 31.0 Å². The first-order valence-corrected chi connectivity index (χ1v) is 5.08. The van der Waals surface area contributed by atoms with Crippen LogP contribution in [0, 0.1) is 11.3 Å².